The van der Waals surface area contributed by atoms with Crippen molar-refractivity contribution >= 4 is 71.6 Å². The first kappa shape index (κ1) is 34.9. The van der Waals surface area contributed by atoms with E-state index in [-0.39, 0.29) is 0 Å². The lowest BCUT2D eigenvalue weighted by atomic mass is 9.93. The molecule has 12 rings (SSSR count). The molecule has 61 heavy (non-hydrogen) atoms. The van der Waals surface area contributed by atoms with Crippen LogP contribution >= 0.6 is 0 Å². The standard InChI is InChI=1S/C58H38N2O/c1-2-14-39(15-3-1)40-28-31-44(32-29-40)59(46-33-35-53-52-24-9-11-27-57(52)61-58(53)38-46)45-19-12-18-42(36-45)47-20-6-7-21-48(47)43-30-34-51-50-23-8-10-25-55(50)60(56(51)37-43)54-26-13-17-41-16-4-5-22-49(41)54/h1-38H. The molecule has 0 aliphatic heterocycles. The van der Waals surface area contributed by atoms with Crippen LogP contribution in [0.1, 0.15) is 0 Å². The van der Waals surface area contributed by atoms with Crippen LogP contribution in [-0.4, -0.2) is 4.57 Å². The lowest BCUT2D eigenvalue weighted by Crippen LogP contribution is -2.10. The minimum atomic E-state index is 0.863. The second kappa shape index (κ2) is 14.3. The van der Waals surface area contributed by atoms with Gasteiger partial charge in [-0.25, -0.2) is 0 Å². The molecule has 0 radical (unpaired) electrons. The van der Waals surface area contributed by atoms with Crippen molar-refractivity contribution in [2.24, 2.45) is 0 Å². The van der Waals surface area contributed by atoms with Gasteiger partial charge in [0.2, 0.25) is 0 Å². The summed E-state index contributed by atoms with van der Waals surface area (Å²) in [5.41, 5.74) is 15.5. The largest absolute Gasteiger partial charge is 0.456 e. The van der Waals surface area contributed by atoms with Gasteiger partial charge in [-0.2, -0.15) is 0 Å². The molecule has 0 aliphatic carbocycles. The maximum absolute atomic E-state index is 6.43. The van der Waals surface area contributed by atoms with Gasteiger partial charge in [0.05, 0.1) is 16.7 Å². The number of fused-ring (bicyclic) bond motifs is 7. The summed E-state index contributed by atoms with van der Waals surface area (Å²) in [7, 11) is 0. The summed E-state index contributed by atoms with van der Waals surface area (Å²) in [5, 5.41) is 7.17. The Kier molecular flexibility index (Phi) is 8.17. The highest BCUT2D eigenvalue weighted by Crippen LogP contribution is 2.43. The first-order chi connectivity index (χ1) is 30.2. The minimum absolute atomic E-state index is 0.863. The molecular formula is C58H38N2O. The van der Waals surface area contributed by atoms with E-state index in [9.17, 15) is 0 Å². The van der Waals surface area contributed by atoms with Crippen LogP contribution < -0.4 is 4.90 Å². The minimum Gasteiger partial charge on any atom is -0.456 e. The summed E-state index contributed by atoms with van der Waals surface area (Å²) in [6, 6.07) is 83.0. The van der Waals surface area contributed by atoms with Gasteiger partial charge in [-0.1, -0.05) is 164 Å². The summed E-state index contributed by atoms with van der Waals surface area (Å²) in [4.78, 5) is 2.34. The maximum atomic E-state index is 6.43. The molecule has 3 heteroatoms. The molecule has 0 unspecified atom stereocenters. The average Bonchev–Trinajstić information content (AvgIpc) is 3.87. The molecule has 2 heterocycles. The van der Waals surface area contributed by atoms with Crippen molar-refractivity contribution in [1.29, 1.82) is 0 Å². The Hall–Kier alpha value is -8.14. The molecule has 0 amide bonds. The molecule has 286 valence electrons. The van der Waals surface area contributed by atoms with Gasteiger partial charge in [0, 0.05) is 50.1 Å². The van der Waals surface area contributed by atoms with E-state index in [0.29, 0.717) is 0 Å². The van der Waals surface area contributed by atoms with Crippen LogP contribution in [0.2, 0.25) is 0 Å². The van der Waals surface area contributed by atoms with Crippen molar-refractivity contribution in [3.63, 3.8) is 0 Å². The third-order valence-electron chi connectivity index (χ3n) is 12.2. The van der Waals surface area contributed by atoms with Crippen LogP contribution in [0.15, 0.2) is 235 Å². The molecule has 0 saturated carbocycles. The molecule has 0 atom stereocenters. The molecule has 12 aromatic rings. The maximum Gasteiger partial charge on any atom is 0.137 e. The third-order valence-corrected chi connectivity index (χ3v) is 12.2. The number of anilines is 3. The first-order valence-electron chi connectivity index (χ1n) is 20.8. The fourth-order valence-electron chi connectivity index (χ4n) is 9.33. The van der Waals surface area contributed by atoms with Gasteiger partial charge in [0.15, 0.2) is 0 Å². The van der Waals surface area contributed by atoms with Crippen LogP contribution in [0.25, 0.3) is 93.6 Å². The topological polar surface area (TPSA) is 21.3 Å². The number of hydrogen-bond donors (Lipinski definition) is 0. The number of para-hydroxylation sites is 2. The smallest absolute Gasteiger partial charge is 0.137 e. The van der Waals surface area contributed by atoms with Crippen molar-refractivity contribution in [1.82, 2.24) is 4.57 Å². The Morgan fingerprint density at radius 1 is 0.311 bits per heavy atom. The number of hydrogen-bond acceptors (Lipinski definition) is 2. The quantitative estimate of drug-likeness (QED) is 0.161. The molecule has 0 bridgehead atoms. The van der Waals surface area contributed by atoms with Crippen molar-refractivity contribution in [3.8, 4) is 39.1 Å². The van der Waals surface area contributed by atoms with Gasteiger partial charge < -0.3 is 13.9 Å². The summed E-state index contributed by atoms with van der Waals surface area (Å²) in [5.74, 6) is 0. The highest BCUT2D eigenvalue weighted by Gasteiger charge is 2.19. The lowest BCUT2D eigenvalue weighted by molar-refractivity contribution is 0.669. The normalized spacial score (nSPS) is 11.6. The zero-order valence-corrected chi connectivity index (χ0v) is 33.2. The number of rotatable bonds is 7. The highest BCUT2D eigenvalue weighted by molar-refractivity contribution is 6.12. The van der Waals surface area contributed by atoms with Gasteiger partial charge in [-0.15, -0.1) is 0 Å². The predicted molar refractivity (Wildman–Crippen MR) is 257 cm³/mol. The lowest BCUT2D eigenvalue weighted by Gasteiger charge is -2.26. The molecule has 0 saturated heterocycles. The second-order valence-corrected chi connectivity index (χ2v) is 15.7. The third kappa shape index (κ3) is 5.90. The Morgan fingerprint density at radius 2 is 0.869 bits per heavy atom. The van der Waals surface area contributed by atoms with Crippen LogP contribution in [0.4, 0.5) is 17.1 Å². The monoisotopic (exact) mass is 778 g/mol. The highest BCUT2D eigenvalue weighted by atomic mass is 16.3. The molecule has 0 fully saturated rings. The van der Waals surface area contributed by atoms with Gasteiger partial charge in [-0.3, -0.25) is 0 Å². The van der Waals surface area contributed by atoms with Crippen molar-refractivity contribution in [2.45, 2.75) is 0 Å². The average molecular weight is 779 g/mol. The fraction of sp³-hybridized carbons (Fsp3) is 0. The summed E-state index contributed by atoms with van der Waals surface area (Å²) in [6.45, 7) is 0. The van der Waals surface area contributed by atoms with E-state index in [1.165, 1.54) is 66.1 Å². The molecule has 0 spiro atoms. The van der Waals surface area contributed by atoms with E-state index in [4.69, 9.17) is 4.42 Å². The van der Waals surface area contributed by atoms with Gasteiger partial charge in [0.25, 0.3) is 0 Å². The van der Waals surface area contributed by atoms with E-state index in [1.54, 1.807) is 0 Å². The molecular weight excluding hydrogens is 741 g/mol. The van der Waals surface area contributed by atoms with Crippen molar-refractivity contribution in [3.05, 3.63) is 231 Å². The molecule has 3 nitrogen and oxygen atoms in total. The SMILES string of the molecule is c1ccc(-c2ccc(N(c3cccc(-c4ccccc4-c4ccc5c6ccccc6n(-c6cccc7ccccc67)c5c4)c3)c3ccc4c(c3)oc3ccccc34)cc2)cc1. The van der Waals surface area contributed by atoms with Crippen molar-refractivity contribution < 1.29 is 4.42 Å². The fourth-order valence-corrected chi connectivity index (χ4v) is 9.33. The Morgan fingerprint density at radius 3 is 1.72 bits per heavy atom. The summed E-state index contributed by atoms with van der Waals surface area (Å²) >= 11 is 0. The zero-order chi connectivity index (χ0) is 40.3. The van der Waals surface area contributed by atoms with Crippen molar-refractivity contribution in [2.75, 3.05) is 4.90 Å². The first-order valence-corrected chi connectivity index (χ1v) is 20.8. The summed E-state index contributed by atoms with van der Waals surface area (Å²) in [6.07, 6.45) is 0. The number of furan rings is 1. The van der Waals surface area contributed by atoms with E-state index >= 15 is 0 Å². The zero-order valence-electron chi connectivity index (χ0n) is 33.2. The molecule has 0 aliphatic rings. The van der Waals surface area contributed by atoms with E-state index in [0.717, 1.165) is 44.6 Å². The molecule has 2 aromatic heterocycles. The van der Waals surface area contributed by atoms with Crippen LogP contribution in [0.3, 0.4) is 0 Å². The van der Waals surface area contributed by atoms with Gasteiger partial charge >= 0.3 is 0 Å². The molecule has 0 N–H and O–H groups in total. The van der Waals surface area contributed by atoms with Gasteiger partial charge in [0.1, 0.15) is 11.2 Å². The van der Waals surface area contributed by atoms with E-state index < -0.39 is 0 Å². The summed E-state index contributed by atoms with van der Waals surface area (Å²) < 4.78 is 8.87. The van der Waals surface area contributed by atoms with Crippen LogP contribution in [0.5, 0.6) is 0 Å². The van der Waals surface area contributed by atoms with Gasteiger partial charge in [-0.05, 0) is 99.4 Å². The second-order valence-electron chi connectivity index (χ2n) is 15.7. The number of benzene rings is 10. The predicted octanol–water partition coefficient (Wildman–Crippen LogP) is 16.3. The van der Waals surface area contributed by atoms with E-state index in [2.05, 4.69) is 228 Å². The Bertz CT molecular complexity index is 3590. The van der Waals surface area contributed by atoms with E-state index in [1.807, 2.05) is 12.1 Å². The Balaban J connectivity index is 1.00. The van der Waals surface area contributed by atoms with Crippen LogP contribution in [0, 0.1) is 0 Å². The molecule has 10 aromatic carbocycles. The number of aromatic nitrogens is 1. The number of nitrogens with zero attached hydrogens (tertiary/aromatic N) is 2. The van der Waals surface area contributed by atoms with Crippen LogP contribution in [-0.2, 0) is 0 Å². The Labute approximate surface area is 353 Å².